The van der Waals surface area contributed by atoms with Crippen molar-refractivity contribution in [3.8, 4) is 0 Å². The van der Waals surface area contributed by atoms with Crippen molar-refractivity contribution in [2.75, 3.05) is 0 Å². The highest BCUT2D eigenvalue weighted by molar-refractivity contribution is 5.85. The van der Waals surface area contributed by atoms with Crippen LogP contribution in [0.5, 0.6) is 0 Å². The number of hydrogen-bond acceptors (Lipinski definition) is 1. The van der Waals surface area contributed by atoms with Gasteiger partial charge in [0.15, 0.2) is 5.96 Å². The summed E-state index contributed by atoms with van der Waals surface area (Å²) in [7, 11) is 0. The fourth-order valence-electron chi connectivity index (χ4n) is 1.15. The number of nitrogens with two attached hydrogens (primary N) is 1. The van der Waals surface area contributed by atoms with E-state index in [1.54, 1.807) is 0 Å². The lowest BCUT2D eigenvalue weighted by Crippen LogP contribution is -2.45. The maximum atomic E-state index is 7.22. The van der Waals surface area contributed by atoms with Crippen LogP contribution in [0.2, 0.25) is 0 Å². The maximum Gasteiger partial charge on any atom is 0.188 e. The Hall–Kier alpha value is -0.440. The second kappa shape index (κ2) is 5.24. The molecule has 0 rings (SSSR count). The minimum atomic E-state index is 0. The molecule has 0 aromatic rings. The summed E-state index contributed by atoms with van der Waals surface area (Å²) in [5.74, 6) is 0.157. The molecule has 0 spiro atoms. The summed E-state index contributed by atoms with van der Waals surface area (Å²) in [6.07, 6.45) is 0. The van der Waals surface area contributed by atoms with Crippen LogP contribution < -0.4 is 5.73 Å². The Morgan fingerprint density at radius 2 is 1.45 bits per heavy atom. The zero-order chi connectivity index (χ0) is 8.31. The molecule has 0 aromatic heterocycles. The van der Waals surface area contributed by atoms with E-state index in [0.29, 0.717) is 12.1 Å². The number of rotatable bonds is 2. The summed E-state index contributed by atoms with van der Waals surface area (Å²) in [4.78, 5) is 1.86. The van der Waals surface area contributed by atoms with E-state index in [-0.39, 0.29) is 18.4 Å². The van der Waals surface area contributed by atoms with Crippen LogP contribution in [0.3, 0.4) is 0 Å². The number of nitrogens with one attached hydrogen (secondary N) is 1. The monoisotopic (exact) mass is 179 g/mol. The van der Waals surface area contributed by atoms with Crippen molar-refractivity contribution in [1.82, 2.24) is 4.90 Å². The smallest absolute Gasteiger partial charge is 0.188 e. The van der Waals surface area contributed by atoms with Crippen molar-refractivity contribution < 1.29 is 0 Å². The van der Waals surface area contributed by atoms with Crippen LogP contribution in [0, 0.1) is 5.41 Å². The quantitative estimate of drug-likeness (QED) is 0.498. The maximum absolute atomic E-state index is 7.22. The minimum absolute atomic E-state index is 0. The van der Waals surface area contributed by atoms with Gasteiger partial charge in [0.25, 0.3) is 0 Å². The predicted molar refractivity (Wildman–Crippen MR) is 51.3 cm³/mol. The molecule has 0 unspecified atom stereocenters. The molecule has 0 saturated heterocycles. The van der Waals surface area contributed by atoms with Crippen LogP contribution in [-0.4, -0.2) is 22.9 Å². The van der Waals surface area contributed by atoms with E-state index in [2.05, 4.69) is 0 Å². The van der Waals surface area contributed by atoms with Crippen molar-refractivity contribution in [2.24, 2.45) is 5.73 Å². The lowest BCUT2D eigenvalue weighted by atomic mass is 10.2. The summed E-state index contributed by atoms with van der Waals surface area (Å²) >= 11 is 0. The van der Waals surface area contributed by atoms with Gasteiger partial charge in [-0.2, -0.15) is 0 Å². The molecule has 11 heavy (non-hydrogen) atoms. The zero-order valence-corrected chi connectivity index (χ0v) is 8.40. The molecule has 0 aliphatic rings. The predicted octanol–water partition coefficient (Wildman–Crippen LogP) is 1.42. The molecule has 3 N–H and O–H groups in total. The Bertz CT molecular complexity index is 115. The fraction of sp³-hybridized carbons (Fsp3) is 0.857. The molecule has 0 aromatic carbocycles. The van der Waals surface area contributed by atoms with E-state index >= 15 is 0 Å². The molecule has 0 amide bonds. The van der Waals surface area contributed by atoms with Gasteiger partial charge < -0.3 is 10.6 Å². The molecule has 68 valence electrons. The van der Waals surface area contributed by atoms with Gasteiger partial charge in [0, 0.05) is 12.1 Å². The number of guanidine groups is 1. The summed E-state index contributed by atoms with van der Waals surface area (Å²) < 4.78 is 0. The Morgan fingerprint density at radius 3 is 1.45 bits per heavy atom. The Labute approximate surface area is 74.9 Å². The van der Waals surface area contributed by atoms with Crippen LogP contribution >= 0.6 is 12.4 Å². The lowest BCUT2D eigenvalue weighted by Gasteiger charge is -2.30. The van der Waals surface area contributed by atoms with Crippen molar-refractivity contribution in [3.63, 3.8) is 0 Å². The topological polar surface area (TPSA) is 53.1 Å². The van der Waals surface area contributed by atoms with E-state index in [4.69, 9.17) is 11.1 Å². The van der Waals surface area contributed by atoms with Gasteiger partial charge in [0.05, 0.1) is 0 Å². The molecule has 0 atom stereocenters. The Kier molecular flexibility index (Phi) is 6.28. The molecule has 0 saturated carbocycles. The third-order valence-corrected chi connectivity index (χ3v) is 1.39. The highest BCUT2D eigenvalue weighted by Gasteiger charge is 2.13. The van der Waals surface area contributed by atoms with E-state index in [1.807, 2.05) is 32.6 Å². The molecule has 4 heteroatoms. The molecule has 0 aliphatic heterocycles. The number of halogens is 1. The van der Waals surface area contributed by atoms with Crippen molar-refractivity contribution in [2.45, 2.75) is 39.8 Å². The molecule has 0 fully saturated rings. The first-order valence-electron chi connectivity index (χ1n) is 3.59. The Balaban J connectivity index is 0. The first kappa shape index (κ1) is 13.2. The van der Waals surface area contributed by atoms with E-state index in [9.17, 15) is 0 Å². The summed E-state index contributed by atoms with van der Waals surface area (Å²) in [6.45, 7) is 8.12. The molecule has 3 nitrogen and oxygen atoms in total. The highest BCUT2D eigenvalue weighted by Crippen LogP contribution is 2.02. The average molecular weight is 180 g/mol. The van der Waals surface area contributed by atoms with Crippen LogP contribution in [-0.2, 0) is 0 Å². The fourth-order valence-corrected chi connectivity index (χ4v) is 1.15. The molecular formula is C7H18ClN3. The second-order valence-electron chi connectivity index (χ2n) is 2.98. The summed E-state index contributed by atoms with van der Waals surface area (Å²) in [5, 5.41) is 7.22. The van der Waals surface area contributed by atoms with Crippen LogP contribution in [0.4, 0.5) is 0 Å². The molecule has 0 heterocycles. The highest BCUT2D eigenvalue weighted by atomic mass is 35.5. The van der Waals surface area contributed by atoms with Gasteiger partial charge in [-0.3, -0.25) is 5.41 Å². The normalized spacial score (nSPS) is 9.64. The zero-order valence-electron chi connectivity index (χ0n) is 7.59. The van der Waals surface area contributed by atoms with Gasteiger partial charge in [0.2, 0.25) is 0 Å². The molecule has 0 radical (unpaired) electrons. The lowest BCUT2D eigenvalue weighted by molar-refractivity contribution is 0.287. The third kappa shape index (κ3) is 4.09. The minimum Gasteiger partial charge on any atom is -0.370 e. The SMILES string of the molecule is CC(C)N(C(=N)N)C(C)C.Cl. The first-order valence-corrected chi connectivity index (χ1v) is 3.59. The van der Waals surface area contributed by atoms with Crippen LogP contribution in [0.15, 0.2) is 0 Å². The second-order valence-corrected chi connectivity index (χ2v) is 2.98. The van der Waals surface area contributed by atoms with Crippen LogP contribution in [0.1, 0.15) is 27.7 Å². The molecule has 0 bridgehead atoms. The van der Waals surface area contributed by atoms with Gasteiger partial charge in [-0.05, 0) is 27.7 Å². The van der Waals surface area contributed by atoms with E-state index in [1.165, 1.54) is 0 Å². The van der Waals surface area contributed by atoms with E-state index < -0.39 is 0 Å². The molecular weight excluding hydrogens is 162 g/mol. The number of nitrogens with zero attached hydrogens (tertiary/aromatic N) is 1. The van der Waals surface area contributed by atoms with Gasteiger partial charge in [-0.1, -0.05) is 0 Å². The standard InChI is InChI=1S/C7H17N3.ClH/c1-5(2)10(6(3)4)7(8)9;/h5-6H,1-4H3,(H3,8,9);1H. The molecule has 0 aliphatic carbocycles. The summed E-state index contributed by atoms with van der Waals surface area (Å²) in [6, 6.07) is 0.634. The third-order valence-electron chi connectivity index (χ3n) is 1.39. The summed E-state index contributed by atoms with van der Waals surface area (Å²) in [5.41, 5.74) is 5.35. The van der Waals surface area contributed by atoms with Gasteiger partial charge in [-0.15, -0.1) is 12.4 Å². The van der Waals surface area contributed by atoms with Crippen molar-refractivity contribution >= 4 is 18.4 Å². The average Bonchev–Trinajstić information content (AvgIpc) is 1.59. The van der Waals surface area contributed by atoms with Crippen LogP contribution in [0.25, 0.3) is 0 Å². The van der Waals surface area contributed by atoms with Crippen molar-refractivity contribution in [1.29, 1.82) is 5.41 Å². The van der Waals surface area contributed by atoms with E-state index in [0.717, 1.165) is 0 Å². The Morgan fingerprint density at radius 1 is 1.18 bits per heavy atom. The van der Waals surface area contributed by atoms with Gasteiger partial charge in [0.1, 0.15) is 0 Å². The first-order chi connectivity index (χ1) is 4.46. The largest absolute Gasteiger partial charge is 0.370 e. The van der Waals surface area contributed by atoms with Crippen molar-refractivity contribution in [3.05, 3.63) is 0 Å². The number of hydrogen-bond donors (Lipinski definition) is 2. The van der Waals surface area contributed by atoms with Gasteiger partial charge >= 0.3 is 0 Å². The van der Waals surface area contributed by atoms with Gasteiger partial charge in [-0.25, -0.2) is 0 Å².